The summed E-state index contributed by atoms with van der Waals surface area (Å²) >= 11 is 1.46. The van der Waals surface area contributed by atoms with Gasteiger partial charge in [0.05, 0.1) is 11.4 Å². The van der Waals surface area contributed by atoms with Crippen LogP contribution in [0.4, 0.5) is 5.69 Å². The van der Waals surface area contributed by atoms with Crippen molar-refractivity contribution >= 4 is 27.0 Å². The highest BCUT2D eigenvalue weighted by atomic mass is 32.2. The Kier molecular flexibility index (Phi) is 4.79. The second kappa shape index (κ2) is 7.38. The van der Waals surface area contributed by atoms with Crippen LogP contribution >= 0.6 is 11.3 Å². The summed E-state index contributed by atoms with van der Waals surface area (Å²) < 4.78 is 30.4. The van der Waals surface area contributed by atoms with Crippen molar-refractivity contribution in [3.05, 3.63) is 89.9 Å². The molecule has 0 bridgehead atoms. The molecule has 4 rings (SSSR count). The number of aromatic nitrogens is 2. The smallest absolute Gasteiger partial charge is 0.265 e. The first-order chi connectivity index (χ1) is 13.1. The molecule has 7 heteroatoms. The molecule has 0 spiro atoms. The van der Waals surface area contributed by atoms with Gasteiger partial charge in [-0.3, -0.25) is 9.40 Å². The number of nitrogens with one attached hydrogen (secondary N) is 1. The molecule has 0 radical (unpaired) electrons. The van der Waals surface area contributed by atoms with Gasteiger partial charge in [-0.2, -0.15) is 5.10 Å². The number of benzene rings is 2. The first-order valence-electron chi connectivity index (χ1n) is 8.35. The Balaban J connectivity index is 1.74. The van der Waals surface area contributed by atoms with Gasteiger partial charge in [-0.15, -0.1) is 11.3 Å². The van der Waals surface area contributed by atoms with Crippen LogP contribution in [0.1, 0.15) is 5.56 Å². The molecule has 2 heterocycles. The fourth-order valence-electron chi connectivity index (χ4n) is 2.75. The summed E-state index contributed by atoms with van der Waals surface area (Å²) in [4.78, 5) is 0.986. The van der Waals surface area contributed by atoms with Crippen molar-refractivity contribution in [1.29, 1.82) is 0 Å². The monoisotopic (exact) mass is 395 g/mol. The summed E-state index contributed by atoms with van der Waals surface area (Å²) in [7, 11) is -3.77. The minimum Gasteiger partial charge on any atom is -0.280 e. The zero-order valence-corrected chi connectivity index (χ0v) is 16.0. The van der Waals surface area contributed by atoms with Crippen molar-refractivity contribution in [2.75, 3.05) is 4.72 Å². The van der Waals surface area contributed by atoms with Crippen LogP contribution in [0.3, 0.4) is 0 Å². The molecule has 0 aliphatic carbocycles. The molecule has 0 fully saturated rings. The van der Waals surface area contributed by atoms with Crippen LogP contribution in [0.5, 0.6) is 0 Å². The number of thiophene rings is 1. The van der Waals surface area contributed by atoms with Gasteiger partial charge in [-0.1, -0.05) is 54.6 Å². The quantitative estimate of drug-likeness (QED) is 0.524. The number of hydrogen-bond donors (Lipinski definition) is 1. The first-order valence-corrected chi connectivity index (χ1v) is 10.7. The van der Waals surface area contributed by atoms with Gasteiger partial charge in [0.15, 0.2) is 0 Å². The van der Waals surface area contributed by atoms with Gasteiger partial charge in [-0.25, -0.2) is 8.42 Å². The summed E-state index contributed by atoms with van der Waals surface area (Å²) in [5.41, 5.74) is 2.03. The van der Waals surface area contributed by atoms with Crippen molar-refractivity contribution in [1.82, 2.24) is 9.78 Å². The lowest BCUT2D eigenvalue weighted by atomic mass is 10.2. The summed E-state index contributed by atoms with van der Waals surface area (Å²) in [5.74, 6) is 0. The van der Waals surface area contributed by atoms with E-state index in [0.29, 0.717) is 17.9 Å². The molecule has 0 saturated heterocycles. The Labute approximate surface area is 162 Å². The largest absolute Gasteiger partial charge is 0.280 e. The first kappa shape index (κ1) is 17.5. The molecule has 27 heavy (non-hydrogen) atoms. The van der Waals surface area contributed by atoms with Gasteiger partial charge < -0.3 is 0 Å². The lowest BCUT2D eigenvalue weighted by Gasteiger charge is -2.07. The van der Waals surface area contributed by atoms with E-state index in [1.807, 2.05) is 53.9 Å². The van der Waals surface area contributed by atoms with Gasteiger partial charge >= 0.3 is 0 Å². The van der Waals surface area contributed by atoms with Crippen molar-refractivity contribution in [3.8, 4) is 10.6 Å². The van der Waals surface area contributed by atoms with Crippen molar-refractivity contribution in [3.63, 3.8) is 0 Å². The van der Waals surface area contributed by atoms with E-state index >= 15 is 0 Å². The zero-order valence-electron chi connectivity index (χ0n) is 14.3. The van der Waals surface area contributed by atoms with Crippen LogP contribution in [0.15, 0.2) is 89.3 Å². The Morgan fingerprint density at radius 2 is 1.63 bits per heavy atom. The van der Waals surface area contributed by atoms with Gasteiger partial charge in [0, 0.05) is 11.9 Å². The molecule has 0 amide bonds. The second-order valence-electron chi connectivity index (χ2n) is 5.97. The minimum atomic E-state index is -3.77. The fourth-order valence-corrected chi connectivity index (χ4v) is 4.76. The SMILES string of the molecule is O=S(=O)(Nc1ccccc1)c1cn(Cc2ccccc2)nc1-c1cccs1. The number of nitrogens with zero attached hydrogens (tertiary/aromatic N) is 2. The topological polar surface area (TPSA) is 64.0 Å². The highest BCUT2D eigenvalue weighted by molar-refractivity contribution is 7.92. The predicted molar refractivity (Wildman–Crippen MR) is 108 cm³/mol. The Morgan fingerprint density at radius 3 is 2.30 bits per heavy atom. The molecule has 2 aromatic carbocycles. The Hall–Kier alpha value is -2.90. The standard InChI is InChI=1S/C20H17N3O2S2/c24-27(25,22-17-10-5-2-6-11-17)19-15-23(14-16-8-3-1-4-9-16)21-20(19)18-12-7-13-26-18/h1-13,15,22H,14H2. The van der Waals surface area contributed by atoms with E-state index in [1.165, 1.54) is 11.3 Å². The number of para-hydroxylation sites is 1. The molecule has 5 nitrogen and oxygen atoms in total. The highest BCUT2D eigenvalue weighted by Crippen LogP contribution is 2.31. The van der Waals surface area contributed by atoms with E-state index in [2.05, 4.69) is 9.82 Å². The average molecular weight is 396 g/mol. The van der Waals surface area contributed by atoms with Gasteiger partial charge in [0.25, 0.3) is 10.0 Å². The van der Waals surface area contributed by atoms with E-state index in [0.717, 1.165) is 10.4 Å². The van der Waals surface area contributed by atoms with Crippen LogP contribution in [-0.4, -0.2) is 18.2 Å². The number of anilines is 1. The van der Waals surface area contributed by atoms with E-state index in [9.17, 15) is 8.42 Å². The normalized spacial score (nSPS) is 11.4. The lowest BCUT2D eigenvalue weighted by Crippen LogP contribution is -2.13. The van der Waals surface area contributed by atoms with E-state index in [-0.39, 0.29) is 4.90 Å². The maximum absolute atomic E-state index is 13.0. The molecular formula is C20H17N3O2S2. The Morgan fingerprint density at radius 1 is 0.926 bits per heavy atom. The van der Waals surface area contributed by atoms with Gasteiger partial charge in [0.1, 0.15) is 10.6 Å². The molecule has 0 unspecified atom stereocenters. The van der Waals surface area contributed by atoms with Crippen molar-refractivity contribution < 1.29 is 8.42 Å². The highest BCUT2D eigenvalue weighted by Gasteiger charge is 2.24. The zero-order chi connectivity index (χ0) is 18.7. The third-order valence-electron chi connectivity index (χ3n) is 3.99. The molecule has 1 N–H and O–H groups in total. The maximum atomic E-state index is 13.0. The van der Waals surface area contributed by atoms with Crippen molar-refractivity contribution in [2.24, 2.45) is 0 Å². The summed E-state index contributed by atoms with van der Waals surface area (Å²) in [5, 5.41) is 6.47. The molecule has 0 atom stereocenters. The van der Waals surface area contributed by atoms with E-state index < -0.39 is 10.0 Å². The van der Waals surface area contributed by atoms with E-state index in [4.69, 9.17) is 0 Å². The number of rotatable bonds is 6. The average Bonchev–Trinajstić information content (AvgIpc) is 3.33. The third-order valence-corrected chi connectivity index (χ3v) is 6.24. The third kappa shape index (κ3) is 3.94. The summed E-state index contributed by atoms with van der Waals surface area (Å²) in [6.45, 7) is 0.500. The summed E-state index contributed by atoms with van der Waals surface area (Å²) in [6, 6.07) is 22.4. The fraction of sp³-hybridized carbons (Fsp3) is 0.0500. The van der Waals surface area contributed by atoms with Crippen LogP contribution in [-0.2, 0) is 16.6 Å². The van der Waals surface area contributed by atoms with Crippen LogP contribution in [0, 0.1) is 0 Å². The van der Waals surface area contributed by atoms with Crippen molar-refractivity contribution in [2.45, 2.75) is 11.4 Å². The van der Waals surface area contributed by atoms with Crippen LogP contribution in [0.25, 0.3) is 10.6 Å². The molecule has 136 valence electrons. The van der Waals surface area contributed by atoms with Crippen LogP contribution in [0.2, 0.25) is 0 Å². The minimum absolute atomic E-state index is 0.171. The lowest BCUT2D eigenvalue weighted by molar-refractivity contribution is 0.601. The summed E-state index contributed by atoms with van der Waals surface area (Å²) in [6.07, 6.45) is 1.59. The van der Waals surface area contributed by atoms with E-state index in [1.54, 1.807) is 35.1 Å². The molecule has 0 saturated carbocycles. The molecule has 0 aliphatic rings. The number of sulfonamides is 1. The predicted octanol–water partition coefficient (Wildman–Crippen LogP) is 4.46. The molecule has 4 aromatic rings. The number of hydrogen-bond acceptors (Lipinski definition) is 4. The van der Waals surface area contributed by atoms with Crippen LogP contribution < -0.4 is 4.72 Å². The Bertz CT molecular complexity index is 1120. The molecular weight excluding hydrogens is 378 g/mol. The molecule has 0 aliphatic heterocycles. The van der Waals surface area contributed by atoms with Gasteiger partial charge in [-0.05, 0) is 29.1 Å². The van der Waals surface area contributed by atoms with Gasteiger partial charge in [0.2, 0.25) is 0 Å². The molecule has 2 aromatic heterocycles. The second-order valence-corrected chi connectivity index (χ2v) is 8.57. The maximum Gasteiger partial charge on any atom is 0.265 e.